The molecular formula is C26H24ClN3O2S2. The molecule has 0 radical (unpaired) electrons. The second-order valence-corrected chi connectivity index (χ2v) is 11.4. The summed E-state index contributed by atoms with van der Waals surface area (Å²) >= 11 is 7.74. The van der Waals surface area contributed by atoms with Crippen LogP contribution in [0.3, 0.4) is 0 Å². The van der Waals surface area contributed by atoms with Crippen LogP contribution in [0.1, 0.15) is 24.3 Å². The van der Waals surface area contributed by atoms with Gasteiger partial charge in [0.2, 0.25) is 10.0 Å². The van der Waals surface area contributed by atoms with Gasteiger partial charge in [-0.2, -0.15) is 0 Å². The molecule has 34 heavy (non-hydrogen) atoms. The molecule has 5 rings (SSSR count). The first-order valence-electron chi connectivity index (χ1n) is 11.1. The average molecular weight is 510 g/mol. The van der Waals surface area contributed by atoms with Gasteiger partial charge in [0.25, 0.3) is 0 Å². The first-order chi connectivity index (χ1) is 16.4. The molecule has 4 aromatic rings. The van der Waals surface area contributed by atoms with Crippen LogP contribution in [0.4, 0.5) is 5.13 Å². The Balaban J connectivity index is 1.47. The van der Waals surface area contributed by atoms with Gasteiger partial charge in [-0.1, -0.05) is 77.5 Å². The van der Waals surface area contributed by atoms with E-state index in [0.717, 1.165) is 52.8 Å². The Hall–Kier alpha value is -2.71. The number of benzene rings is 3. The number of anilines is 1. The van der Waals surface area contributed by atoms with Crippen molar-refractivity contribution in [3.63, 3.8) is 0 Å². The van der Waals surface area contributed by atoms with Crippen LogP contribution >= 0.6 is 22.9 Å². The van der Waals surface area contributed by atoms with Gasteiger partial charge in [-0.25, -0.2) is 18.5 Å². The molecule has 0 amide bonds. The van der Waals surface area contributed by atoms with Gasteiger partial charge >= 0.3 is 0 Å². The van der Waals surface area contributed by atoms with Crippen LogP contribution in [0, 0.1) is 0 Å². The summed E-state index contributed by atoms with van der Waals surface area (Å²) in [6, 6.07) is 25.0. The molecule has 0 atom stereocenters. The Kier molecular flexibility index (Phi) is 6.44. The molecule has 0 bridgehead atoms. The summed E-state index contributed by atoms with van der Waals surface area (Å²) in [6.07, 6.45) is 2.16. The largest absolute Gasteiger partial charge is 0.348 e. The minimum Gasteiger partial charge on any atom is -0.348 e. The Morgan fingerprint density at radius 1 is 0.882 bits per heavy atom. The molecule has 1 aliphatic heterocycles. The van der Waals surface area contributed by atoms with Crippen molar-refractivity contribution in [2.75, 3.05) is 18.0 Å². The van der Waals surface area contributed by atoms with E-state index in [1.54, 1.807) is 35.6 Å². The lowest BCUT2D eigenvalue weighted by atomic mass is 9.90. The Morgan fingerprint density at radius 2 is 1.50 bits per heavy atom. The third-order valence-corrected chi connectivity index (χ3v) is 8.56. The molecule has 2 heterocycles. The number of nitrogens with zero attached hydrogens (tertiary/aromatic N) is 2. The van der Waals surface area contributed by atoms with E-state index >= 15 is 0 Å². The van der Waals surface area contributed by atoms with Gasteiger partial charge in [-0.15, -0.1) is 0 Å². The Bertz CT molecular complexity index is 1380. The zero-order valence-corrected chi connectivity index (χ0v) is 20.8. The van der Waals surface area contributed by atoms with E-state index in [1.165, 1.54) is 5.56 Å². The van der Waals surface area contributed by atoms with E-state index in [-0.39, 0.29) is 4.90 Å². The number of piperidine rings is 1. The Labute approximate surface area is 208 Å². The second kappa shape index (κ2) is 9.50. The van der Waals surface area contributed by atoms with Crippen LogP contribution in [0.5, 0.6) is 0 Å². The van der Waals surface area contributed by atoms with Crippen molar-refractivity contribution in [3.8, 4) is 21.7 Å². The van der Waals surface area contributed by atoms with Crippen molar-refractivity contribution < 1.29 is 8.42 Å². The van der Waals surface area contributed by atoms with Crippen LogP contribution in [0.15, 0.2) is 83.8 Å². The maximum absolute atomic E-state index is 11.7. The summed E-state index contributed by atoms with van der Waals surface area (Å²) in [5.41, 5.74) is 4.14. The van der Waals surface area contributed by atoms with E-state index in [2.05, 4.69) is 35.2 Å². The van der Waals surface area contributed by atoms with Crippen LogP contribution < -0.4 is 10.0 Å². The van der Waals surface area contributed by atoms with Gasteiger partial charge in [0.05, 0.1) is 15.5 Å². The zero-order chi connectivity index (χ0) is 23.7. The van der Waals surface area contributed by atoms with Crippen molar-refractivity contribution in [2.24, 2.45) is 5.14 Å². The van der Waals surface area contributed by atoms with Gasteiger partial charge in [0, 0.05) is 23.7 Å². The fourth-order valence-electron chi connectivity index (χ4n) is 4.37. The number of halogens is 1. The number of sulfonamides is 1. The third-order valence-electron chi connectivity index (χ3n) is 6.22. The molecule has 3 aromatic carbocycles. The third kappa shape index (κ3) is 4.88. The highest BCUT2D eigenvalue weighted by Gasteiger charge is 2.25. The van der Waals surface area contributed by atoms with Gasteiger partial charge in [-0.05, 0) is 54.2 Å². The molecule has 0 spiro atoms. The average Bonchev–Trinajstić information content (AvgIpc) is 3.30. The lowest BCUT2D eigenvalue weighted by molar-refractivity contribution is 0.505. The summed E-state index contributed by atoms with van der Waals surface area (Å²) in [6.45, 7) is 1.88. The first kappa shape index (κ1) is 23.1. The molecule has 0 saturated carbocycles. The first-order valence-corrected chi connectivity index (χ1v) is 13.8. The van der Waals surface area contributed by atoms with Crippen LogP contribution in [0.2, 0.25) is 5.02 Å². The number of hydrogen-bond donors (Lipinski definition) is 1. The monoisotopic (exact) mass is 509 g/mol. The molecule has 1 aliphatic rings. The second-order valence-electron chi connectivity index (χ2n) is 8.42. The maximum Gasteiger partial charge on any atom is 0.238 e. The quantitative estimate of drug-likeness (QED) is 0.349. The highest BCUT2D eigenvalue weighted by Crippen LogP contribution is 2.42. The number of primary sulfonamides is 1. The van der Waals surface area contributed by atoms with Crippen LogP contribution in [-0.4, -0.2) is 26.5 Å². The van der Waals surface area contributed by atoms with Crippen LogP contribution in [-0.2, 0) is 10.0 Å². The smallest absolute Gasteiger partial charge is 0.238 e. The molecule has 174 valence electrons. The summed E-state index contributed by atoms with van der Waals surface area (Å²) in [5, 5.41) is 6.92. The molecule has 5 nitrogen and oxygen atoms in total. The summed E-state index contributed by atoms with van der Waals surface area (Å²) in [4.78, 5) is 8.47. The SMILES string of the molecule is NS(=O)(=O)c1ccc(-c2sc(N3CCC(c4ccccc4)CC3)nc2-c2ccc(Cl)cc2)cc1. The lowest BCUT2D eigenvalue weighted by Crippen LogP contribution is -2.32. The fraction of sp³-hybridized carbons (Fsp3) is 0.192. The van der Waals surface area contributed by atoms with Crippen LogP contribution in [0.25, 0.3) is 21.7 Å². The summed E-state index contributed by atoms with van der Waals surface area (Å²) < 4.78 is 23.4. The van der Waals surface area contributed by atoms with Gasteiger partial charge in [0.1, 0.15) is 0 Å². The predicted octanol–water partition coefficient (Wildman–Crippen LogP) is 6.16. The molecule has 2 N–H and O–H groups in total. The maximum atomic E-state index is 11.7. The highest BCUT2D eigenvalue weighted by atomic mass is 35.5. The van der Waals surface area contributed by atoms with Gasteiger partial charge in [0.15, 0.2) is 5.13 Å². The Morgan fingerprint density at radius 3 is 2.12 bits per heavy atom. The number of rotatable bonds is 5. The standard InChI is InChI=1S/C26H24ClN3O2S2/c27-22-10-6-20(7-11-22)24-25(21-8-12-23(13-9-21)34(28,31)32)33-26(29-24)30-16-14-19(15-17-30)18-4-2-1-3-5-18/h1-13,19H,14-17H2,(H2,28,31,32). The molecule has 1 aromatic heterocycles. The zero-order valence-electron chi connectivity index (χ0n) is 18.4. The van der Waals surface area contributed by atoms with E-state index in [4.69, 9.17) is 21.7 Å². The summed E-state index contributed by atoms with van der Waals surface area (Å²) in [7, 11) is -3.74. The minimum absolute atomic E-state index is 0.0945. The highest BCUT2D eigenvalue weighted by molar-refractivity contribution is 7.89. The minimum atomic E-state index is -3.74. The number of aromatic nitrogens is 1. The van der Waals surface area contributed by atoms with E-state index < -0.39 is 10.0 Å². The van der Waals surface area contributed by atoms with E-state index in [0.29, 0.717) is 10.9 Å². The number of thiazole rings is 1. The molecule has 8 heteroatoms. The van der Waals surface area contributed by atoms with Gasteiger partial charge in [-0.3, -0.25) is 0 Å². The fourth-order valence-corrected chi connectivity index (χ4v) is 6.16. The number of nitrogens with two attached hydrogens (primary N) is 1. The van der Waals surface area contributed by atoms with Crippen molar-refractivity contribution in [3.05, 3.63) is 89.4 Å². The molecular weight excluding hydrogens is 486 g/mol. The molecule has 0 aliphatic carbocycles. The van der Waals surface area contributed by atoms with Crippen molar-refractivity contribution in [2.45, 2.75) is 23.7 Å². The topological polar surface area (TPSA) is 76.3 Å². The molecule has 1 saturated heterocycles. The van der Waals surface area contributed by atoms with E-state index in [9.17, 15) is 8.42 Å². The number of hydrogen-bond acceptors (Lipinski definition) is 5. The summed E-state index contributed by atoms with van der Waals surface area (Å²) in [5.74, 6) is 0.568. The van der Waals surface area contributed by atoms with Crippen molar-refractivity contribution in [1.29, 1.82) is 0 Å². The predicted molar refractivity (Wildman–Crippen MR) is 140 cm³/mol. The normalized spacial score (nSPS) is 14.9. The van der Waals surface area contributed by atoms with Crippen molar-refractivity contribution >= 4 is 38.1 Å². The lowest BCUT2D eigenvalue weighted by Gasteiger charge is -2.32. The molecule has 0 unspecified atom stereocenters. The van der Waals surface area contributed by atoms with Gasteiger partial charge < -0.3 is 4.90 Å². The van der Waals surface area contributed by atoms with Crippen molar-refractivity contribution in [1.82, 2.24) is 4.98 Å². The van der Waals surface area contributed by atoms with E-state index in [1.807, 2.05) is 24.3 Å². The molecule has 1 fully saturated rings.